The molecule has 1 aromatic heterocycles. The first-order valence-corrected chi connectivity index (χ1v) is 11.1. The van der Waals surface area contributed by atoms with Crippen LogP contribution < -0.4 is 15.8 Å². The zero-order valence-electron chi connectivity index (χ0n) is 17.0. The van der Waals surface area contributed by atoms with Gasteiger partial charge in [0.15, 0.2) is 11.4 Å². The van der Waals surface area contributed by atoms with Crippen LogP contribution in [0, 0.1) is 0 Å². The number of sulfonamides is 1. The molecule has 0 aromatic carbocycles. The van der Waals surface area contributed by atoms with Crippen LogP contribution in [0.2, 0.25) is 0 Å². The number of methoxy groups -OCH3 is 1. The number of nitrogens with zero attached hydrogens (tertiary/aromatic N) is 4. The van der Waals surface area contributed by atoms with Crippen molar-refractivity contribution in [1.29, 1.82) is 0 Å². The van der Waals surface area contributed by atoms with Gasteiger partial charge in [-0.25, -0.2) is 12.7 Å². The van der Waals surface area contributed by atoms with Crippen LogP contribution in [0.3, 0.4) is 0 Å². The number of hydrogen-bond acceptors (Lipinski definition) is 8. The van der Waals surface area contributed by atoms with Gasteiger partial charge in [-0.15, -0.1) is 0 Å². The number of carbonyl (C=O) groups is 2. The second kappa shape index (κ2) is 8.24. The molecule has 0 saturated carbocycles. The zero-order chi connectivity index (χ0) is 22.2. The molecule has 2 amide bonds. The molecule has 0 unspecified atom stereocenters. The minimum absolute atomic E-state index is 0.107. The van der Waals surface area contributed by atoms with Crippen LogP contribution in [0.25, 0.3) is 0 Å². The van der Waals surface area contributed by atoms with Crippen LogP contribution in [0.15, 0.2) is 11.0 Å². The van der Waals surface area contributed by atoms with E-state index in [2.05, 4.69) is 5.32 Å². The number of nitrogens with one attached hydrogen (secondary N) is 1. The third-order valence-electron chi connectivity index (χ3n) is 5.16. The monoisotopic (exact) mass is 443 g/mol. The fraction of sp³-hybridized carbons (Fsp3) is 0.588. The number of ether oxygens (including phenoxy) is 1. The standard InChI is InChI=1S/C17H25N5O7S/c1-19-10-20(6-7-29-2)17(26)13-15(24)14(23)12(9-22(13)19)16(25)18-11-4-5-21(8-11)30(3,27)28/h9,11,24H,4-8,10H2,1-3H3,(H,18,25)/t11-/m0/s1. The van der Waals surface area contributed by atoms with Gasteiger partial charge in [0.1, 0.15) is 12.2 Å². The summed E-state index contributed by atoms with van der Waals surface area (Å²) in [6.07, 6.45) is 2.71. The lowest BCUT2D eigenvalue weighted by Crippen LogP contribution is -2.53. The van der Waals surface area contributed by atoms with Crippen molar-refractivity contribution in [3.63, 3.8) is 0 Å². The highest BCUT2D eigenvalue weighted by atomic mass is 32.2. The van der Waals surface area contributed by atoms with Gasteiger partial charge in [0.25, 0.3) is 11.8 Å². The van der Waals surface area contributed by atoms with E-state index in [-0.39, 0.29) is 44.2 Å². The Balaban J connectivity index is 1.86. The van der Waals surface area contributed by atoms with Crippen LogP contribution in [0.1, 0.15) is 27.3 Å². The molecule has 1 aromatic rings. The summed E-state index contributed by atoms with van der Waals surface area (Å²) >= 11 is 0. The Morgan fingerprint density at radius 2 is 2.07 bits per heavy atom. The molecule has 1 atom stereocenters. The van der Waals surface area contributed by atoms with E-state index >= 15 is 0 Å². The summed E-state index contributed by atoms with van der Waals surface area (Å²) in [5, 5.41) is 14.6. The van der Waals surface area contributed by atoms with Crippen molar-refractivity contribution < 1.29 is 27.9 Å². The molecule has 13 heteroatoms. The van der Waals surface area contributed by atoms with Crippen LogP contribution >= 0.6 is 0 Å². The van der Waals surface area contributed by atoms with E-state index in [1.165, 1.54) is 27.2 Å². The minimum atomic E-state index is -3.37. The van der Waals surface area contributed by atoms with Gasteiger partial charge in [-0.2, -0.15) is 0 Å². The number of amides is 2. The molecule has 30 heavy (non-hydrogen) atoms. The number of aromatic hydroxyl groups is 1. The SMILES string of the molecule is COCCN1CN(C)n2cc(C(=O)N[C@H]3CCN(S(C)(=O)=O)C3)c(=O)c(O)c2C1=O. The molecule has 2 aliphatic heterocycles. The molecule has 0 aliphatic carbocycles. The first-order chi connectivity index (χ1) is 14.0. The Kier molecular flexibility index (Phi) is 6.06. The number of carbonyl (C=O) groups excluding carboxylic acids is 2. The largest absolute Gasteiger partial charge is 0.502 e. The van der Waals surface area contributed by atoms with Gasteiger partial charge in [0, 0.05) is 46.0 Å². The van der Waals surface area contributed by atoms with Gasteiger partial charge in [0.2, 0.25) is 15.5 Å². The maximum atomic E-state index is 12.7. The maximum absolute atomic E-state index is 12.7. The van der Waals surface area contributed by atoms with Crippen molar-refractivity contribution in [2.45, 2.75) is 12.5 Å². The van der Waals surface area contributed by atoms with Crippen molar-refractivity contribution in [3.8, 4) is 5.75 Å². The molecule has 0 bridgehead atoms. The van der Waals surface area contributed by atoms with E-state index in [9.17, 15) is 27.9 Å². The number of aromatic nitrogens is 1. The van der Waals surface area contributed by atoms with Crippen molar-refractivity contribution >= 4 is 21.8 Å². The minimum Gasteiger partial charge on any atom is -0.502 e. The van der Waals surface area contributed by atoms with Crippen LogP contribution in [0.5, 0.6) is 5.75 Å². The summed E-state index contributed by atoms with van der Waals surface area (Å²) < 4.78 is 30.8. The fourth-order valence-corrected chi connectivity index (χ4v) is 4.42. The summed E-state index contributed by atoms with van der Waals surface area (Å²) in [7, 11) is -0.230. The summed E-state index contributed by atoms with van der Waals surface area (Å²) in [4.78, 5) is 39.4. The zero-order valence-corrected chi connectivity index (χ0v) is 17.8. The maximum Gasteiger partial charge on any atom is 0.277 e. The second-order valence-corrected chi connectivity index (χ2v) is 9.34. The van der Waals surface area contributed by atoms with E-state index in [1.807, 2.05) is 0 Å². The fourth-order valence-electron chi connectivity index (χ4n) is 3.53. The molecular formula is C17H25N5O7S. The predicted octanol–water partition coefficient (Wildman–Crippen LogP) is -2.05. The van der Waals surface area contributed by atoms with Gasteiger partial charge >= 0.3 is 0 Å². The van der Waals surface area contributed by atoms with Crippen LogP contribution in [-0.2, 0) is 14.8 Å². The van der Waals surface area contributed by atoms with Gasteiger partial charge in [-0.05, 0) is 6.42 Å². The van der Waals surface area contributed by atoms with Gasteiger partial charge < -0.3 is 20.1 Å². The summed E-state index contributed by atoms with van der Waals surface area (Å²) in [6, 6.07) is -0.460. The van der Waals surface area contributed by atoms with Crippen LogP contribution in [0.4, 0.5) is 0 Å². The molecule has 1 saturated heterocycles. The third-order valence-corrected chi connectivity index (χ3v) is 6.43. The van der Waals surface area contributed by atoms with Gasteiger partial charge in [-0.1, -0.05) is 0 Å². The van der Waals surface area contributed by atoms with E-state index < -0.39 is 39.1 Å². The Morgan fingerprint density at radius 3 is 2.67 bits per heavy atom. The third kappa shape index (κ3) is 4.13. The summed E-state index contributed by atoms with van der Waals surface area (Å²) in [6.45, 7) is 1.11. The van der Waals surface area contributed by atoms with E-state index in [0.717, 1.165) is 6.26 Å². The van der Waals surface area contributed by atoms with E-state index in [4.69, 9.17) is 4.74 Å². The van der Waals surface area contributed by atoms with Crippen molar-refractivity contribution in [1.82, 2.24) is 19.2 Å². The Hall–Kier alpha value is -2.64. The number of pyridine rings is 1. The number of fused-ring (bicyclic) bond motifs is 1. The molecule has 3 heterocycles. The normalized spacial score (nSPS) is 19.8. The highest BCUT2D eigenvalue weighted by molar-refractivity contribution is 7.88. The Labute approximate surface area is 173 Å². The molecule has 1 fully saturated rings. The van der Waals surface area contributed by atoms with Crippen LogP contribution in [-0.4, -0.2) is 98.6 Å². The van der Waals surface area contributed by atoms with Crippen molar-refractivity contribution in [2.75, 3.05) is 58.3 Å². The highest BCUT2D eigenvalue weighted by Crippen LogP contribution is 2.21. The average molecular weight is 443 g/mol. The average Bonchev–Trinajstić information content (AvgIpc) is 3.14. The van der Waals surface area contributed by atoms with E-state index in [0.29, 0.717) is 6.42 Å². The summed E-state index contributed by atoms with van der Waals surface area (Å²) in [5.74, 6) is -2.11. The first kappa shape index (κ1) is 22.1. The van der Waals surface area contributed by atoms with Crippen molar-refractivity contribution in [2.24, 2.45) is 0 Å². The molecular weight excluding hydrogens is 418 g/mol. The number of rotatable bonds is 6. The molecule has 166 valence electrons. The van der Waals surface area contributed by atoms with Gasteiger partial charge in [-0.3, -0.25) is 24.1 Å². The van der Waals surface area contributed by atoms with Gasteiger partial charge in [0.05, 0.1) is 12.9 Å². The van der Waals surface area contributed by atoms with E-state index in [1.54, 1.807) is 12.1 Å². The molecule has 3 rings (SSSR count). The quantitative estimate of drug-likeness (QED) is 0.512. The second-order valence-electron chi connectivity index (χ2n) is 7.35. The lowest BCUT2D eigenvalue weighted by atomic mass is 10.1. The molecule has 12 nitrogen and oxygen atoms in total. The highest BCUT2D eigenvalue weighted by Gasteiger charge is 2.34. The first-order valence-electron chi connectivity index (χ1n) is 9.28. The molecule has 2 N–H and O–H groups in total. The summed E-state index contributed by atoms with van der Waals surface area (Å²) in [5.41, 5.74) is -1.53. The lowest BCUT2D eigenvalue weighted by molar-refractivity contribution is 0.0628. The van der Waals surface area contributed by atoms with Crippen molar-refractivity contribution in [3.05, 3.63) is 27.7 Å². The Morgan fingerprint density at radius 1 is 1.37 bits per heavy atom. The smallest absolute Gasteiger partial charge is 0.277 e. The lowest BCUT2D eigenvalue weighted by Gasteiger charge is -2.37. The topological polar surface area (TPSA) is 141 Å². The molecule has 2 aliphatic rings. The number of hydrogen-bond donors (Lipinski definition) is 2. The Bertz CT molecular complexity index is 1020. The molecule has 0 radical (unpaired) electrons. The molecule has 0 spiro atoms. The predicted molar refractivity (Wildman–Crippen MR) is 107 cm³/mol.